The van der Waals surface area contributed by atoms with E-state index in [0.717, 1.165) is 92.5 Å². The molecule has 0 aliphatic carbocycles. The SMILES string of the molecule is Cc1cc(-c2ncnc3[nH]c(-c4ccc(N5CCN(CC6CCN(c7ccc(N8CCC(=O)NC8=O)c(C)c7)CC6)CC5)cn4)cc23)c(F)cc1[C@@H](C)NC(=O)c1noc(C(C)(C)C)n1. The van der Waals surface area contributed by atoms with Crippen molar-refractivity contribution in [2.45, 2.75) is 72.3 Å². The first-order valence-corrected chi connectivity index (χ1v) is 22.4. The van der Waals surface area contributed by atoms with Crippen LogP contribution in [0.3, 0.4) is 0 Å². The van der Waals surface area contributed by atoms with Crippen LogP contribution in [-0.4, -0.2) is 105 Å². The average molecular weight is 883 g/mol. The van der Waals surface area contributed by atoms with Gasteiger partial charge in [0.2, 0.25) is 11.8 Å². The van der Waals surface area contributed by atoms with Crippen molar-refractivity contribution in [2.75, 3.05) is 67.1 Å². The normalized spacial score (nSPS) is 17.2. The minimum Gasteiger partial charge on any atom is -0.372 e. The van der Waals surface area contributed by atoms with Crippen LogP contribution in [0.15, 0.2) is 65.6 Å². The molecule has 65 heavy (non-hydrogen) atoms. The van der Waals surface area contributed by atoms with Crippen LogP contribution in [0.25, 0.3) is 33.7 Å². The summed E-state index contributed by atoms with van der Waals surface area (Å²) in [4.78, 5) is 67.4. The molecule has 3 saturated heterocycles. The van der Waals surface area contributed by atoms with E-state index in [1.165, 1.54) is 18.1 Å². The van der Waals surface area contributed by atoms with E-state index in [2.05, 4.69) is 68.6 Å². The zero-order valence-corrected chi connectivity index (χ0v) is 37.7. The third kappa shape index (κ3) is 9.14. The van der Waals surface area contributed by atoms with Crippen molar-refractivity contribution < 1.29 is 23.3 Å². The Labute approximate surface area is 377 Å². The molecule has 0 saturated carbocycles. The highest BCUT2D eigenvalue weighted by atomic mass is 19.1. The molecule has 9 rings (SSSR count). The summed E-state index contributed by atoms with van der Waals surface area (Å²) in [6.07, 6.45) is 5.92. The van der Waals surface area contributed by atoms with Crippen molar-refractivity contribution in [2.24, 2.45) is 5.92 Å². The Morgan fingerprint density at radius 1 is 0.908 bits per heavy atom. The summed E-state index contributed by atoms with van der Waals surface area (Å²) in [5.41, 5.74) is 7.97. The van der Waals surface area contributed by atoms with Gasteiger partial charge in [0.25, 0.3) is 11.7 Å². The largest absolute Gasteiger partial charge is 0.372 e. The number of piperidine rings is 1. The number of carbonyl (C=O) groups excluding carboxylic acids is 3. The molecule has 0 unspecified atom stereocenters. The van der Waals surface area contributed by atoms with Crippen LogP contribution in [0.4, 0.5) is 26.2 Å². The Kier molecular flexibility index (Phi) is 11.8. The lowest BCUT2D eigenvalue weighted by Gasteiger charge is -2.40. The highest BCUT2D eigenvalue weighted by molar-refractivity contribution is 6.06. The van der Waals surface area contributed by atoms with Crippen LogP contribution < -0.4 is 25.3 Å². The van der Waals surface area contributed by atoms with Crippen molar-refractivity contribution in [3.8, 4) is 22.6 Å². The monoisotopic (exact) mass is 882 g/mol. The topological polar surface area (TPSA) is 182 Å². The van der Waals surface area contributed by atoms with Crippen molar-refractivity contribution in [3.05, 3.63) is 95.3 Å². The third-order valence-corrected chi connectivity index (χ3v) is 12.9. The number of nitrogens with zero attached hydrogens (tertiary/aromatic N) is 9. The van der Waals surface area contributed by atoms with Crippen LogP contribution in [0.2, 0.25) is 0 Å². The lowest BCUT2D eigenvalue weighted by molar-refractivity contribution is -0.120. The number of anilines is 3. The van der Waals surface area contributed by atoms with Crippen LogP contribution in [0, 0.1) is 25.6 Å². The number of aromatic nitrogens is 6. The molecule has 1 atom stereocenters. The van der Waals surface area contributed by atoms with Crippen LogP contribution in [-0.2, 0) is 10.2 Å². The number of rotatable bonds is 10. The quantitative estimate of drug-likeness (QED) is 0.127. The number of H-pyrrole nitrogens is 1. The number of imide groups is 1. The Balaban J connectivity index is 0.783. The van der Waals surface area contributed by atoms with Crippen molar-refractivity contribution in [3.63, 3.8) is 0 Å². The molecular weight excluding hydrogens is 828 g/mol. The van der Waals surface area contributed by atoms with E-state index in [9.17, 15) is 14.4 Å². The maximum Gasteiger partial charge on any atom is 0.328 e. The van der Waals surface area contributed by atoms with E-state index in [4.69, 9.17) is 9.51 Å². The molecule has 6 aromatic rings. The van der Waals surface area contributed by atoms with E-state index >= 15 is 4.39 Å². The second-order valence-corrected chi connectivity index (χ2v) is 18.6. The van der Waals surface area contributed by atoms with Gasteiger partial charge < -0.3 is 24.6 Å². The fraction of sp³-hybridized carbons (Fsp3) is 0.417. The highest BCUT2D eigenvalue weighted by Gasteiger charge is 2.29. The maximum atomic E-state index is 16.0. The first kappa shape index (κ1) is 43.5. The lowest BCUT2D eigenvalue weighted by atomic mass is 9.95. The summed E-state index contributed by atoms with van der Waals surface area (Å²) in [5, 5.41) is 9.78. The molecule has 0 radical (unpaired) electrons. The molecule has 16 nitrogen and oxygen atoms in total. The van der Waals surface area contributed by atoms with Gasteiger partial charge >= 0.3 is 6.03 Å². The number of hydrogen-bond acceptors (Lipinski definition) is 12. The van der Waals surface area contributed by atoms with Gasteiger partial charge in [-0.05, 0) is 105 Å². The molecule has 0 bridgehead atoms. The van der Waals surface area contributed by atoms with E-state index < -0.39 is 23.2 Å². The number of carbonyl (C=O) groups is 3. The summed E-state index contributed by atoms with van der Waals surface area (Å²) in [6, 6.07) is 14.6. The number of aryl methyl sites for hydroxylation is 2. The van der Waals surface area contributed by atoms with Gasteiger partial charge in [-0.1, -0.05) is 25.9 Å². The summed E-state index contributed by atoms with van der Waals surface area (Å²) in [6.45, 7) is 18.8. The van der Waals surface area contributed by atoms with Gasteiger partial charge in [-0.25, -0.2) is 19.2 Å². The van der Waals surface area contributed by atoms with Gasteiger partial charge in [0.05, 0.1) is 35.0 Å². The minimum atomic E-state index is -0.531. The number of halogens is 1. The van der Waals surface area contributed by atoms with Gasteiger partial charge in [-0.15, -0.1) is 0 Å². The fourth-order valence-electron chi connectivity index (χ4n) is 9.19. The molecule has 2 aromatic carbocycles. The molecule has 7 heterocycles. The molecule has 17 heteroatoms. The zero-order chi connectivity index (χ0) is 45.6. The average Bonchev–Trinajstić information content (AvgIpc) is 3.98. The Hall–Kier alpha value is -6.75. The standard InChI is InChI=1S/C48H55FN12O4/c1-28-22-35(37(49)23-34(28)30(3)53-45(63)44-56-46(65-57-44)48(4,5)6)42-36-24-39(54-43(36)52-27-51-42)38-9-7-33(25-50-38)60-19-17-58(18-20-60)26-31-11-14-59(15-12-31)32-8-10-40(29(2)21-32)61-16-13-41(62)55-47(61)64/h7-10,21-25,27,30-31H,11-20,26H2,1-6H3,(H,53,63)(H,51,52,54)(H,55,62,64)/t30-/m1/s1. The minimum absolute atomic E-state index is 0.0732. The molecule has 0 spiro atoms. The van der Waals surface area contributed by atoms with Gasteiger partial charge in [0, 0.05) is 86.5 Å². The van der Waals surface area contributed by atoms with Crippen LogP contribution in [0.5, 0.6) is 0 Å². The first-order valence-electron chi connectivity index (χ1n) is 22.4. The highest BCUT2D eigenvalue weighted by Crippen LogP contribution is 2.35. The van der Waals surface area contributed by atoms with Gasteiger partial charge in [-0.3, -0.25) is 29.7 Å². The van der Waals surface area contributed by atoms with Crippen molar-refractivity contribution in [1.82, 2.24) is 45.6 Å². The second kappa shape index (κ2) is 17.7. The number of urea groups is 1. The van der Waals surface area contributed by atoms with E-state index in [-0.39, 0.29) is 17.8 Å². The molecule has 3 fully saturated rings. The molecule has 3 aliphatic rings. The van der Waals surface area contributed by atoms with Crippen molar-refractivity contribution in [1.29, 1.82) is 0 Å². The van der Waals surface area contributed by atoms with Crippen molar-refractivity contribution >= 4 is 45.9 Å². The number of hydrogen-bond donors (Lipinski definition) is 3. The first-order chi connectivity index (χ1) is 31.2. The number of amides is 4. The molecule has 3 aliphatic heterocycles. The predicted octanol–water partition coefficient (Wildman–Crippen LogP) is 7.10. The summed E-state index contributed by atoms with van der Waals surface area (Å²) < 4.78 is 21.3. The number of piperazine rings is 1. The van der Waals surface area contributed by atoms with Gasteiger partial charge in [0.15, 0.2) is 0 Å². The lowest BCUT2D eigenvalue weighted by Crippen LogP contribution is -2.49. The Bertz CT molecular complexity index is 2750. The fourth-order valence-corrected chi connectivity index (χ4v) is 9.19. The van der Waals surface area contributed by atoms with Gasteiger partial charge in [-0.2, -0.15) is 4.98 Å². The smallest absolute Gasteiger partial charge is 0.328 e. The van der Waals surface area contributed by atoms with Gasteiger partial charge in [0.1, 0.15) is 17.8 Å². The number of aromatic amines is 1. The molecule has 4 aromatic heterocycles. The number of nitrogens with one attached hydrogen (secondary N) is 3. The summed E-state index contributed by atoms with van der Waals surface area (Å²) in [7, 11) is 0. The Morgan fingerprint density at radius 3 is 2.35 bits per heavy atom. The Morgan fingerprint density at radius 2 is 1.66 bits per heavy atom. The molecule has 4 amide bonds. The maximum absolute atomic E-state index is 16.0. The second-order valence-electron chi connectivity index (χ2n) is 18.6. The van der Waals surface area contributed by atoms with Crippen LogP contribution >= 0.6 is 0 Å². The molecular formula is C48H55FN12O4. The van der Waals surface area contributed by atoms with E-state index in [1.807, 2.05) is 59.0 Å². The number of pyridine rings is 1. The third-order valence-electron chi connectivity index (χ3n) is 12.9. The number of fused-ring (bicyclic) bond motifs is 1. The summed E-state index contributed by atoms with van der Waals surface area (Å²) in [5.74, 6) is -0.280. The van der Waals surface area contributed by atoms with Crippen LogP contribution in [0.1, 0.15) is 86.2 Å². The predicted molar refractivity (Wildman–Crippen MR) is 246 cm³/mol. The summed E-state index contributed by atoms with van der Waals surface area (Å²) >= 11 is 0. The number of benzene rings is 2. The molecule has 338 valence electrons. The zero-order valence-electron chi connectivity index (χ0n) is 37.7. The van der Waals surface area contributed by atoms with E-state index in [1.54, 1.807) is 17.9 Å². The van der Waals surface area contributed by atoms with E-state index in [0.29, 0.717) is 52.6 Å². The molecule has 3 N–H and O–H groups in total.